The first kappa shape index (κ1) is 24.8. The van der Waals surface area contributed by atoms with E-state index < -0.39 is 5.16 Å². The molecule has 182 valence electrons. The maximum absolute atomic E-state index is 3.32. The molecule has 36 heavy (non-hydrogen) atoms. The molecule has 2 N–H and O–H groups in total. The molecule has 0 bridgehead atoms. The summed E-state index contributed by atoms with van der Waals surface area (Å²) >= 11 is 0. The summed E-state index contributed by atoms with van der Waals surface area (Å²) in [5.41, 5.74) is 11.5. The fraction of sp³-hybridized carbons (Fsp3) is 0.188. The maximum Gasteiger partial charge on any atom is 0.0626 e. The highest BCUT2D eigenvalue weighted by Crippen LogP contribution is 2.54. The molecule has 2 aromatic heterocycles. The molecule has 2 unspecified atom stereocenters. The summed E-state index contributed by atoms with van der Waals surface area (Å²) in [6, 6.07) is 28.5. The average Bonchev–Trinajstić information content (AvgIpc) is 3.63. The van der Waals surface area contributed by atoms with Crippen molar-refractivity contribution in [3.8, 4) is 22.3 Å². The van der Waals surface area contributed by atoms with Crippen molar-refractivity contribution in [2.75, 3.05) is 0 Å². The zero-order valence-corrected chi connectivity index (χ0v) is 23.5. The van der Waals surface area contributed by atoms with Crippen LogP contribution in [0.4, 0.5) is 0 Å². The predicted molar refractivity (Wildman–Crippen MR) is 161 cm³/mol. The van der Waals surface area contributed by atoms with E-state index in [1.807, 2.05) is 12.4 Å². The smallest absolute Gasteiger partial charge is 0.0626 e. The van der Waals surface area contributed by atoms with Crippen LogP contribution >= 0.6 is 18.5 Å². The summed E-state index contributed by atoms with van der Waals surface area (Å²) < 4.78 is 0. The molecule has 2 heterocycles. The molecule has 3 aromatic carbocycles. The summed E-state index contributed by atoms with van der Waals surface area (Å²) in [6.07, 6.45) is 9.17. The third-order valence-electron chi connectivity index (χ3n) is 7.03. The maximum atomic E-state index is 3.32. The van der Waals surface area contributed by atoms with Crippen LogP contribution in [0.1, 0.15) is 48.6 Å². The molecule has 2 atom stereocenters. The van der Waals surface area contributed by atoms with Crippen molar-refractivity contribution in [2.24, 2.45) is 0 Å². The van der Waals surface area contributed by atoms with Crippen molar-refractivity contribution in [3.63, 3.8) is 0 Å². The summed E-state index contributed by atoms with van der Waals surface area (Å²) in [6.45, 7) is 7.04. The number of hydrogen-bond acceptors (Lipinski definition) is 0. The molecule has 0 saturated carbocycles. The van der Waals surface area contributed by atoms with E-state index in [2.05, 4.69) is 140 Å². The predicted octanol–water partition coefficient (Wildman–Crippen LogP) is 8.52. The number of H-pyrrole nitrogens is 2. The summed E-state index contributed by atoms with van der Waals surface area (Å²) in [5, 5.41) is -0.423. The van der Waals surface area contributed by atoms with Crippen molar-refractivity contribution in [2.45, 2.75) is 37.5 Å². The van der Waals surface area contributed by atoms with Gasteiger partial charge in [0.2, 0.25) is 0 Å². The van der Waals surface area contributed by atoms with Crippen LogP contribution in [0.3, 0.4) is 0 Å². The number of hydrogen-bond donors (Lipinski definition) is 2. The van der Waals surface area contributed by atoms with Gasteiger partial charge in [-0.1, -0.05) is 81.4 Å². The molecule has 5 aromatic rings. The van der Waals surface area contributed by atoms with Gasteiger partial charge in [0.25, 0.3) is 0 Å². The minimum atomic E-state index is -0.423. The standard InChI is InChI=1S/C32H34N2P2/c1-31(2,3)30-28(23-12-8-5-9-13-23)27(22-10-6-4-7-11-22)18-24(21-35)29(30)32(36,25-14-16-33-19-25)26-15-17-34-20-26/h4-20,33-34H,21,35-36H2,1-3H3. The molecule has 0 radical (unpaired) electrons. The minimum absolute atomic E-state index is 0.117. The van der Waals surface area contributed by atoms with Crippen molar-refractivity contribution in [1.82, 2.24) is 9.97 Å². The molecule has 0 saturated heterocycles. The Hall–Kier alpha value is -2.92. The van der Waals surface area contributed by atoms with Gasteiger partial charge in [-0.05, 0) is 79.8 Å². The largest absolute Gasteiger partial charge is 0.367 e. The Morgan fingerprint density at radius 3 is 1.67 bits per heavy atom. The average molecular weight is 509 g/mol. The van der Waals surface area contributed by atoms with Crippen LogP contribution in [-0.2, 0) is 16.7 Å². The van der Waals surface area contributed by atoms with Crippen molar-refractivity contribution in [3.05, 3.63) is 131 Å². The van der Waals surface area contributed by atoms with E-state index in [0.717, 1.165) is 6.16 Å². The first-order valence-corrected chi connectivity index (χ1v) is 13.8. The summed E-state index contributed by atoms with van der Waals surface area (Å²) in [7, 11) is 6.25. The van der Waals surface area contributed by atoms with Crippen molar-refractivity contribution >= 4 is 18.5 Å². The van der Waals surface area contributed by atoms with Crippen LogP contribution in [0, 0.1) is 0 Å². The minimum Gasteiger partial charge on any atom is -0.367 e. The SMILES string of the molecule is CC(C)(C)c1c(-c2ccccc2)c(-c2ccccc2)cc(CP)c1C(P)(c1cc[nH]c1)c1cc[nH]c1. The van der Waals surface area contributed by atoms with Crippen LogP contribution in [0.15, 0.2) is 104 Å². The Labute approximate surface area is 219 Å². The van der Waals surface area contributed by atoms with Crippen LogP contribution in [-0.4, -0.2) is 9.97 Å². The van der Waals surface area contributed by atoms with Gasteiger partial charge in [-0.15, -0.1) is 18.5 Å². The molecule has 0 aliphatic rings. The fourth-order valence-electron chi connectivity index (χ4n) is 5.44. The van der Waals surface area contributed by atoms with Crippen LogP contribution in [0.2, 0.25) is 0 Å². The molecule has 0 aliphatic carbocycles. The molecule has 2 nitrogen and oxygen atoms in total. The van der Waals surface area contributed by atoms with E-state index in [1.54, 1.807) is 0 Å². The summed E-state index contributed by atoms with van der Waals surface area (Å²) in [4.78, 5) is 6.64. The van der Waals surface area contributed by atoms with Crippen molar-refractivity contribution in [1.29, 1.82) is 0 Å². The second-order valence-corrected chi connectivity index (χ2v) is 11.7. The number of nitrogens with one attached hydrogen (secondary N) is 2. The second-order valence-electron chi connectivity index (χ2n) is 10.4. The lowest BCUT2D eigenvalue weighted by Crippen LogP contribution is -2.29. The highest BCUT2D eigenvalue weighted by molar-refractivity contribution is 7.19. The second kappa shape index (κ2) is 9.85. The Morgan fingerprint density at radius 2 is 1.22 bits per heavy atom. The fourth-order valence-corrected chi connectivity index (χ4v) is 6.45. The third-order valence-corrected chi connectivity index (χ3v) is 8.42. The van der Waals surface area contributed by atoms with Gasteiger partial charge in [0.15, 0.2) is 0 Å². The van der Waals surface area contributed by atoms with E-state index in [-0.39, 0.29) is 5.41 Å². The van der Waals surface area contributed by atoms with Crippen LogP contribution < -0.4 is 0 Å². The van der Waals surface area contributed by atoms with Gasteiger partial charge in [0, 0.05) is 24.8 Å². The third kappa shape index (κ3) is 4.28. The Balaban J connectivity index is 2.00. The zero-order valence-electron chi connectivity index (χ0n) is 21.2. The van der Waals surface area contributed by atoms with Gasteiger partial charge in [0.1, 0.15) is 0 Å². The first-order chi connectivity index (χ1) is 17.4. The number of rotatable bonds is 6. The molecule has 5 rings (SSSR count). The number of aromatic nitrogens is 2. The van der Waals surface area contributed by atoms with Gasteiger partial charge in [-0.2, -0.15) is 0 Å². The lowest BCUT2D eigenvalue weighted by Gasteiger charge is -2.39. The molecule has 0 amide bonds. The van der Waals surface area contributed by atoms with E-state index in [4.69, 9.17) is 0 Å². The molecule has 4 heteroatoms. The van der Waals surface area contributed by atoms with E-state index in [1.165, 1.54) is 50.1 Å². The van der Waals surface area contributed by atoms with Gasteiger partial charge in [-0.3, -0.25) is 0 Å². The monoisotopic (exact) mass is 508 g/mol. The number of aromatic amines is 2. The van der Waals surface area contributed by atoms with Gasteiger partial charge < -0.3 is 9.97 Å². The lowest BCUT2D eigenvalue weighted by molar-refractivity contribution is 0.579. The van der Waals surface area contributed by atoms with Crippen LogP contribution in [0.25, 0.3) is 22.3 Å². The van der Waals surface area contributed by atoms with Crippen LogP contribution in [0.5, 0.6) is 0 Å². The Morgan fingerprint density at radius 1 is 0.694 bits per heavy atom. The highest BCUT2D eigenvalue weighted by Gasteiger charge is 2.40. The van der Waals surface area contributed by atoms with E-state index in [9.17, 15) is 0 Å². The summed E-state index contributed by atoms with van der Waals surface area (Å²) in [5.74, 6) is 0. The molecular formula is C32H34N2P2. The Bertz CT molecular complexity index is 1400. The molecule has 0 spiro atoms. The Kier molecular flexibility index (Phi) is 6.78. The van der Waals surface area contributed by atoms with Gasteiger partial charge >= 0.3 is 0 Å². The van der Waals surface area contributed by atoms with E-state index >= 15 is 0 Å². The normalized spacial score (nSPS) is 12.1. The first-order valence-electron chi connectivity index (χ1n) is 12.4. The highest BCUT2D eigenvalue weighted by atomic mass is 31.0. The topological polar surface area (TPSA) is 31.6 Å². The zero-order chi connectivity index (χ0) is 25.3. The number of benzene rings is 3. The molecule has 0 fully saturated rings. The van der Waals surface area contributed by atoms with Gasteiger partial charge in [-0.25, -0.2) is 0 Å². The molecule has 0 aliphatic heterocycles. The lowest BCUT2D eigenvalue weighted by atomic mass is 9.69. The van der Waals surface area contributed by atoms with Crippen molar-refractivity contribution < 1.29 is 0 Å². The van der Waals surface area contributed by atoms with E-state index in [0.29, 0.717) is 0 Å². The van der Waals surface area contributed by atoms with Gasteiger partial charge in [0.05, 0.1) is 5.16 Å². The molecular weight excluding hydrogens is 474 g/mol. The quantitative estimate of drug-likeness (QED) is 0.216.